The molecular formula is C18H26N2O5S. The van der Waals surface area contributed by atoms with Crippen molar-refractivity contribution in [1.29, 1.82) is 0 Å². The van der Waals surface area contributed by atoms with E-state index >= 15 is 0 Å². The van der Waals surface area contributed by atoms with Gasteiger partial charge in [0, 0.05) is 20.1 Å². The fourth-order valence-electron chi connectivity index (χ4n) is 2.78. The quantitative estimate of drug-likeness (QED) is 0.808. The van der Waals surface area contributed by atoms with Crippen molar-refractivity contribution in [2.24, 2.45) is 0 Å². The molecule has 0 aromatic heterocycles. The van der Waals surface area contributed by atoms with Gasteiger partial charge in [-0.3, -0.25) is 4.79 Å². The lowest BCUT2D eigenvalue weighted by atomic mass is 10.0. The summed E-state index contributed by atoms with van der Waals surface area (Å²) in [6, 6.07) is 6.23. The average Bonchev–Trinajstić information content (AvgIpc) is 2.62. The molecule has 0 spiro atoms. The second-order valence-electron chi connectivity index (χ2n) is 7.10. The molecule has 26 heavy (non-hydrogen) atoms. The second kappa shape index (κ2) is 7.75. The van der Waals surface area contributed by atoms with Gasteiger partial charge in [-0.25, -0.2) is 13.2 Å². The van der Waals surface area contributed by atoms with Crippen LogP contribution >= 0.6 is 0 Å². The van der Waals surface area contributed by atoms with Gasteiger partial charge >= 0.3 is 5.97 Å². The van der Waals surface area contributed by atoms with Crippen molar-refractivity contribution in [3.8, 4) is 0 Å². The molecule has 0 aliphatic carbocycles. The maximum Gasteiger partial charge on any atom is 0.329 e. The molecule has 0 bridgehead atoms. The van der Waals surface area contributed by atoms with Crippen LogP contribution in [-0.2, 0) is 26.0 Å². The van der Waals surface area contributed by atoms with Gasteiger partial charge in [0.05, 0.1) is 11.3 Å². The number of benzene rings is 1. The molecule has 1 N–H and O–H groups in total. The van der Waals surface area contributed by atoms with E-state index in [9.17, 15) is 23.1 Å². The molecule has 0 saturated carbocycles. The number of hydrogen-bond donors (Lipinski definition) is 1. The molecule has 0 radical (unpaired) electrons. The minimum absolute atomic E-state index is 0.0112. The summed E-state index contributed by atoms with van der Waals surface area (Å²) in [4.78, 5) is 25.0. The van der Waals surface area contributed by atoms with E-state index in [1.54, 1.807) is 12.1 Å². The smallest absolute Gasteiger partial charge is 0.329 e. The van der Waals surface area contributed by atoms with Crippen LogP contribution in [0.15, 0.2) is 29.2 Å². The molecule has 2 rings (SSSR count). The van der Waals surface area contributed by atoms with E-state index < -0.39 is 21.5 Å². The van der Waals surface area contributed by atoms with Gasteiger partial charge in [0.15, 0.2) is 0 Å². The first-order valence-electron chi connectivity index (χ1n) is 8.66. The first-order valence-corrected chi connectivity index (χ1v) is 10.1. The topological polar surface area (TPSA) is 95.0 Å². The predicted octanol–water partition coefficient (Wildman–Crippen LogP) is 1.73. The van der Waals surface area contributed by atoms with Gasteiger partial charge in [0.2, 0.25) is 15.9 Å². The van der Waals surface area contributed by atoms with Crippen molar-refractivity contribution >= 4 is 21.9 Å². The third kappa shape index (κ3) is 4.24. The van der Waals surface area contributed by atoms with Crippen LogP contribution in [0.1, 0.15) is 38.7 Å². The fourth-order valence-corrected chi connectivity index (χ4v) is 4.30. The second-order valence-corrected chi connectivity index (χ2v) is 9.04. The van der Waals surface area contributed by atoms with Crippen molar-refractivity contribution in [2.75, 3.05) is 20.1 Å². The molecule has 0 unspecified atom stereocenters. The molecule has 1 aromatic carbocycles. The molecule has 1 amide bonds. The molecule has 1 fully saturated rings. The Morgan fingerprint density at radius 1 is 1.12 bits per heavy atom. The van der Waals surface area contributed by atoms with Crippen molar-refractivity contribution in [3.05, 3.63) is 29.8 Å². The van der Waals surface area contributed by atoms with Crippen LogP contribution in [0, 0.1) is 0 Å². The number of carboxylic acid groups (broad SMARTS) is 1. The Bertz CT molecular complexity index is 765. The van der Waals surface area contributed by atoms with Gasteiger partial charge in [-0.15, -0.1) is 0 Å². The summed E-state index contributed by atoms with van der Waals surface area (Å²) in [7, 11) is -2.05. The number of sulfonamides is 1. The molecule has 1 aromatic rings. The van der Waals surface area contributed by atoms with Crippen molar-refractivity contribution in [2.45, 2.75) is 50.0 Å². The predicted molar refractivity (Wildman–Crippen MR) is 97.2 cm³/mol. The van der Waals surface area contributed by atoms with Crippen LogP contribution < -0.4 is 0 Å². The number of amides is 1. The summed E-state index contributed by atoms with van der Waals surface area (Å²) in [5.74, 6) is -1.43. The third-order valence-electron chi connectivity index (χ3n) is 4.97. The summed E-state index contributed by atoms with van der Waals surface area (Å²) in [5.41, 5.74) is -0.671. The van der Waals surface area contributed by atoms with Crippen LogP contribution in [0.4, 0.5) is 0 Å². The Morgan fingerprint density at radius 3 is 2.15 bits per heavy atom. The fraction of sp³-hybridized carbons (Fsp3) is 0.556. The third-order valence-corrected chi connectivity index (χ3v) is 6.88. The normalized spacial score (nSPS) is 16.3. The number of nitrogens with zero attached hydrogens (tertiary/aromatic N) is 2. The summed E-state index contributed by atoms with van der Waals surface area (Å²) < 4.78 is 26.7. The number of hydrogen-bond acceptors (Lipinski definition) is 4. The standard InChI is InChI=1S/C18H26N2O5S/c1-18(2,17(22)23)19(3)16(21)13-14-7-9-15(10-8-14)26(24,25)20-11-5-4-6-12-20/h7-10H,4-6,11-13H2,1-3H3,(H,22,23). The molecule has 1 saturated heterocycles. The minimum atomic E-state index is -3.50. The average molecular weight is 382 g/mol. The van der Waals surface area contributed by atoms with Crippen LogP contribution in [0.5, 0.6) is 0 Å². The number of carbonyl (C=O) groups excluding carboxylic acids is 1. The van der Waals surface area contributed by atoms with E-state index in [1.165, 1.54) is 42.2 Å². The number of likely N-dealkylation sites (N-methyl/N-ethyl adjacent to an activating group) is 1. The minimum Gasteiger partial charge on any atom is -0.480 e. The van der Waals surface area contributed by atoms with Crippen LogP contribution in [0.3, 0.4) is 0 Å². The first kappa shape index (κ1) is 20.4. The molecule has 1 aliphatic heterocycles. The van der Waals surface area contributed by atoms with Gasteiger partial charge < -0.3 is 10.0 Å². The van der Waals surface area contributed by atoms with E-state index in [4.69, 9.17) is 0 Å². The monoisotopic (exact) mass is 382 g/mol. The van der Waals surface area contributed by atoms with Gasteiger partial charge in [0.25, 0.3) is 0 Å². The maximum atomic E-state index is 12.6. The highest BCUT2D eigenvalue weighted by atomic mass is 32.2. The maximum absolute atomic E-state index is 12.6. The molecule has 1 aliphatic rings. The van der Waals surface area contributed by atoms with Gasteiger partial charge in [0.1, 0.15) is 5.54 Å². The van der Waals surface area contributed by atoms with E-state index in [0.29, 0.717) is 18.7 Å². The highest BCUT2D eigenvalue weighted by molar-refractivity contribution is 7.89. The summed E-state index contributed by atoms with van der Waals surface area (Å²) in [5, 5.41) is 9.21. The van der Waals surface area contributed by atoms with E-state index in [0.717, 1.165) is 19.3 Å². The molecule has 7 nitrogen and oxygen atoms in total. The number of rotatable bonds is 6. The lowest BCUT2D eigenvalue weighted by molar-refractivity contribution is -0.155. The molecule has 1 heterocycles. The lowest BCUT2D eigenvalue weighted by Gasteiger charge is -2.31. The number of carboxylic acids is 1. The number of aliphatic carboxylic acids is 1. The molecular weight excluding hydrogens is 356 g/mol. The molecule has 8 heteroatoms. The van der Waals surface area contributed by atoms with Crippen LogP contribution in [-0.4, -0.2) is 60.3 Å². The van der Waals surface area contributed by atoms with E-state index in [-0.39, 0.29) is 17.2 Å². The zero-order valence-electron chi connectivity index (χ0n) is 15.4. The SMILES string of the molecule is CN(C(=O)Cc1ccc(S(=O)(=O)N2CCCCC2)cc1)C(C)(C)C(=O)O. The Kier molecular flexibility index (Phi) is 6.08. The molecule has 0 atom stereocenters. The van der Waals surface area contributed by atoms with E-state index in [2.05, 4.69) is 0 Å². The summed E-state index contributed by atoms with van der Waals surface area (Å²) in [6.07, 6.45) is 2.81. The number of carbonyl (C=O) groups is 2. The molecule has 144 valence electrons. The van der Waals surface area contributed by atoms with Gasteiger partial charge in [-0.2, -0.15) is 4.31 Å². The zero-order chi connectivity index (χ0) is 19.5. The van der Waals surface area contributed by atoms with Gasteiger partial charge in [-0.05, 0) is 44.4 Å². The van der Waals surface area contributed by atoms with Gasteiger partial charge in [-0.1, -0.05) is 18.6 Å². The first-order chi connectivity index (χ1) is 12.1. The summed E-state index contributed by atoms with van der Waals surface area (Å²) >= 11 is 0. The Morgan fingerprint density at radius 2 is 1.65 bits per heavy atom. The zero-order valence-corrected chi connectivity index (χ0v) is 16.3. The summed E-state index contributed by atoms with van der Waals surface area (Å²) in [6.45, 7) is 4.00. The Balaban J connectivity index is 2.10. The van der Waals surface area contributed by atoms with Crippen molar-refractivity contribution in [3.63, 3.8) is 0 Å². The Labute approximate surface area is 154 Å². The van der Waals surface area contributed by atoms with Crippen molar-refractivity contribution in [1.82, 2.24) is 9.21 Å². The number of piperidine rings is 1. The highest BCUT2D eigenvalue weighted by Gasteiger charge is 2.35. The largest absolute Gasteiger partial charge is 0.480 e. The van der Waals surface area contributed by atoms with Crippen molar-refractivity contribution < 1.29 is 23.1 Å². The van der Waals surface area contributed by atoms with Crippen LogP contribution in [0.2, 0.25) is 0 Å². The van der Waals surface area contributed by atoms with Crippen LogP contribution in [0.25, 0.3) is 0 Å². The van der Waals surface area contributed by atoms with E-state index in [1.807, 2.05) is 0 Å². The Hall–Kier alpha value is -1.93. The highest BCUT2D eigenvalue weighted by Crippen LogP contribution is 2.21. The lowest BCUT2D eigenvalue weighted by Crippen LogP contribution is -2.51.